The number of hydrogen-bond acceptors (Lipinski definition) is 8. The maximum absolute atomic E-state index is 12.5. The number of nitro benzene ring substituents is 2. The molecule has 0 aliphatic heterocycles. The zero-order chi connectivity index (χ0) is 19.4. The largest absolute Gasteiger partial charge is 0.296 e. The predicted molar refractivity (Wildman–Crippen MR) is 95.7 cm³/mol. The van der Waals surface area contributed by atoms with E-state index in [0.29, 0.717) is 0 Å². The molecule has 0 aliphatic carbocycles. The Balaban J connectivity index is 2.35. The molecular formula is C15H17N5O5S. The lowest BCUT2D eigenvalue weighted by atomic mass is 10.0. The molecule has 1 N–H and O–H groups in total. The van der Waals surface area contributed by atoms with Crippen LogP contribution >= 0.6 is 11.3 Å². The van der Waals surface area contributed by atoms with Gasteiger partial charge in [0.1, 0.15) is 5.01 Å². The van der Waals surface area contributed by atoms with Crippen molar-refractivity contribution in [3.05, 3.63) is 48.5 Å². The summed E-state index contributed by atoms with van der Waals surface area (Å²) in [5, 5.41) is 33.6. The lowest BCUT2D eigenvalue weighted by Gasteiger charge is -2.07. The fraction of sp³-hybridized carbons (Fsp3) is 0.400. The molecule has 138 valence electrons. The van der Waals surface area contributed by atoms with Gasteiger partial charge in [-0.3, -0.25) is 30.3 Å². The highest BCUT2D eigenvalue weighted by Gasteiger charge is 2.25. The van der Waals surface area contributed by atoms with Crippen LogP contribution < -0.4 is 5.32 Å². The van der Waals surface area contributed by atoms with Gasteiger partial charge in [-0.1, -0.05) is 25.2 Å². The fourth-order valence-corrected chi connectivity index (χ4v) is 3.47. The number of anilines is 1. The van der Waals surface area contributed by atoms with Crippen LogP contribution in [0.5, 0.6) is 0 Å². The first-order valence-corrected chi connectivity index (χ1v) is 8.68. The van der Waals surface area contributed by atoms with E-state index in [9.17, 15) is 25.0 Å². The summed E-state index contributed by atoms with van der Waals surface area (Å²) in [5.74, 6) is -0.472. The maximum Gasteiger partial charge on any atom is 0.279 e. The number of nitro groups is 2. The summed E-state index contributed by atoms with van der Waals surface area (Å²) in [7, 11) is 0. The van der Waals surface area contributed by atoms with Crippen molar-refractivity contribution in [2.75, 3.05) is 5.32 Å². The number of carbonyl (C=O) groups is 1. The maximum atomic E-state index is 12.5. The van der Waals surface area contributed by atoms with Crippen LogP contribution in [-0.4, -0.2) is 26.0 Å². The standard InChI is InChI=1S/C15H17N5O5S/c1-4-9(5-2)14-17-18-15(26-14)16-13(21)11-6-10(19(22)23)7-12(8(11)3)20(24)25/h6-7,9H,4-5H2,1-3H3,(H,16,18,21). The van der Waals surface area contributed by atoms with Crippen molar-refractivity contribution in [2.24, 2.45) is 0 Å². The molecule has 2 aromatic rings. The minimum atomic E-state index is -0.778. The second-order valence-corrected chi connectivity index (χ2v) is 6.57. The van der Waals surface area contributed by atoms with Crippen LogP contribution in [-0.2, 0) is 0 Å². The Labute approximate surface area is 152 Å². The Morgan fingerprint density at radius 1 is 1.19 bits per heavy atom. The number of nitrogens with zero attached hydrogens (tertiary/aromatic N) is 4. The molecule has 2 rings (SSSR count). The Morgan fingerprint density at radius 2 is 1.85 bits per heavy atom. The smallest absolute Gasteiger partial charge is 0.279 e. The zero-order valence-electron chi connectivity index (χ0n) is 14.4. The average molecular weight is 379 g/mol. The van der Waals surface area contributed by atoms with Gasteiger partial charge in [0, 0.05) is 17.5 Å². The molecule has 10 nitrogen and oxygen atoms in total. The third kappa shape index (κ3) is 3.99. The highest BCUT2D eigenvalue weighted by atomic mass is 32.1. The second-order valence-electron chi connectivity index (χ2n) is 5.56. The van der Waals surface area contributed by atoms with Crippen LogP contribution in [0.3, 0.4) is 0 Å². The molecular weight excluding hydrogens is 362 g/mol. The van der Waals surface area contributed by atoms with E-state index in [-0.39, 0.29) is 22.2 Å². The molecule has 1 aromatic heterocycles. The number of nitrogens with one attached hydrogen (secondary N) is 1. The molecule has 0 atom stereocenters. The first-order valence-electron chi connectivity index (χ1n) is 7.86. The average Bonchev–Trinajstić information content (AvgIpc) is 3.03. The number of benzene rings is 1. The van der Waals surface area contributed by atoms with Crippen LogP contribution in [0, 0.1) is 27.2 Å². The quantitative estimate of drug-likeness (QED) is 0.569. The molecule has 26 heavy (non-hydrogen) atoms. The summed E-state index contributed by atoms with van der Waals surface area (Å²) >= 11 is 1.22. The Bertz CT molecular complexity index is 862. The monoisotopic (exact) mass is 379 g/mol. The number of hydrogen-bond donors (Lipinski definition) is 1. The third-order valence-corrected chi connectivity index (χ3v) is 5.01. The van der Waals surface area contributed by atoms with Crippen molar-refractivity contribution in [3.8, 4) is 0 Å². The summed E-state index contributed by atoms with van der Waals surface area (Å²) in [6, 6.07) is 1.85. The number of carbonyl (C=O) groups excluding carboxylic acids is 1. The minimum absolute atomic E-state index is 0.0443. The van der Waals surface area contributed by atoms with E-state index in [1.165, 1.54) is 18.3 Å². The van der Waals surface area contributed by atoms with Gasteiger partial charge < -0.3 is 0 Å². The number of non-ortho nitro benzene ring substituents is 1. The van der Waals surface area contributed by atoms with E-state index < -0.39 is 27.1 Å². The van der Waals surface area contributed by atoms with Gasteiger partial charge in [-0.05, 0) is 19.8 Å². The summed E-state index contributed by atoms with van der Waals surface area (Å²) < 4.78 is 0. The molecule has 0 saturated heterocycles. The summed E-state index contributed by atoms with van der Waals surface area (Å²) in [4.78, 5) is 33.1. The van der Waals surface area contributed by atoms with Gasteiger partial charge in [0.25, 0.3) is 17.3 Å². The van der Waals surface area contributed by atoms with Crippen LogP contribution in [0.25, 0.3) is 0 Å². The third-order valence-electron chi connectivity index (χ3n) is 4.01. The van der Waals surface area contributed by atoms with E-state index in [2.05, 4.69) is 15.5 Å². The van der Waals surface area contributed by atoms with Crippen molar-refractivity contribution in [3.63, 3.8) is 0 Å². The molecule has 11 heteroatoms. The first kappa shape index (κ1) is 19.4. The lowest BCUT2D eigenvalue weighted by molar-refractivity contribution is -0.394. The normalized spacial score (nSPS) is 10.8. The highest BCUT2D eigenvalue weighted by molar-refractivity contribution is 7.15. The van der Waals surface area contributed by atoms with E-state index in [1.54, 1.807) is 0 Å². The Hall–Kier alpha value is -2.95. The topological polar surface area (TPSA) is 141 Å². The second kappa shape index (κ2) is 7.95. The molecule has 0 bridgehead atoms. The first-order chi connectivity index (χ1) is 12.3. The zero-order valence-corrected chi connectivity index (χ0v) is 15.2. The highest BCUT2D eigenvalue weighted by Crippen LogP contribution is 2.30. The fourth-order valence-electron chi connectivity index (χ4n) is 2.47. The predicted octanol–water partition coefficient (Wildman–Crippen LogP) is 3.82. The number of rotatable bonds is 7. The molecule has 0 fully saturated rings. The van der Waals surface area contributed by atoms with Gasteiger partial charge in [-0.15, -0.1) is 10.2 Å². The summed E-state index contributed by atoms with van der Waals surface area (Å²) in [6.07, 6.45) is 1.77. The van der Waals surface area contributed by atoms with E-state index in [1.807, 2.05) is 13.8 Å². The molecule has 0 spiro atoms. The van der Waals surface area contributed by atoms with Gasteiger partial charge in [0.2, 0.25) is 5.13 Å². The van der Waals surface area contributed by atoms with E-state index in [4.69, 9.17) is 0 Å². The molecule has 0 aliphatic rings. The van der Waals surface area contributed by atoms with Crippen molar-refractivity contribution < 1.29 is 14.6 Å². The Morgan fingerprint density at radius 3 is 2.38 bits per heavy atom. The lowest BCUT2D eigenvalue weighted by Crippen LogP contribution is -2.14. The van der Waals surface area contributed by atoms with E-state index >= 15 is 0 Å². The van der Waals surface area contributed by atoms with Crippen LogP contribution in [0.4, 0.5) is 16.5 Å². The van der Waals surface area contributed by atoms with Crippen LogP contribution in [0.2, 0.25) is 0 Å². The molecule has 0 saturated carbocycles. The van der Waals surface area contributed by atoms with Gasteiger partial charge in [0.15, 0.2) is 0 Å². The van der Waals surface area contributed by atoms with Gasteiger partial charge in [-0.25, -0.2) is 0 Å². The molecule has 0 radical (unpaired) electrons. The van der Waals surface area contributed by atoms with Crippen molar-refractivity contribution in [1.82, 2.24) is 10.2 Å². The van der Waals surface area contributed by atoms with Crippen LogP contribution in [0.15, 0.2) is 12.1 Å². The van der Waals surface area contributed by atoms with Crippen molar-refractivity contribution >= 4 is 33.8 Å². The van der Waals surface area contributed by atoms with Crippen molar-refractivity contribution in [2.45, 2.75) is 39.5 Å². The van der Waals surface area contributed by atoms with Crippen LogP contribution in [0.1, 0.15) is 53.5 Å². The van der Waals surface area contributed by atoms with Gasteiger partial charge in [0.05, 0.1) is 21.5 Å². The summed E-state index contributed by atoms with van der Waals surface area (Å²) in [6.45, 7) is 5.42. The van der Waals surface area contributed by atoms with E-state index in [0.717, 1.165) is 30.0 Å². The van der Waals surface area contributed by atoms with Crippen molar-refractivity contribution in [1.29, 1.82) is 0 Å². The molecule has 0 unspecified atom stereocenters. The number of amides is 1. The molecule has 1 heterocycles. The minimum Gasteiger partial charge on any atom is -0.296 e. The summed E-state index contributed by atoms with van der Waals surface area (Å²) in [5.41, 5.74) is -1.12. The molecule has 1 amide bonds. The molecule has 1 aromatic carbocycles. The van der Waals surface area contributed by atoms with Gasteiger partial charge >= 0.3 is 0 Å². The Kier molecular flexibility index (Phi) is 5.93. The number of aromatic nitrogens is 2. The van der Waals surface area contributed by atoms with Gasteiger partial charge in [-0.2, -0.15) is 0 Å². The SMILES string of the molecule is CCC(CC)c1nnc(NC(=O)c2cc([N+](=O)[O-])cc([N+](=O)[O-])c2C)s1.